The molecular weight excluding hydrogens is 1180 g/mol. The van der Waals surface area contributed by atoms with Crippen LogP contribution in [0.3, 0.4) is 0 Å². The van der Waals surface area contributed by atoms with E-state index in [2.05, 4.69) is 153 Å². The second kappa shape index (κ2) is 21.4. The molecule has 5 nitrogen and oxygen atoms in total. The molecule has 0 atom stereocenters. The first-order valence-corrected chi connectivity index (χ1v) is 28.7. The largest absolute Gasteiger partial charge is 0.510 e. The maximum absolute atomic E-state index is 9.41. The number of para-hydroxylation sites is 3. The smallest absolute Gasteiger partial charge is 0.268 e. The number of imidazole rings is 1. The quantitative estimate of drug-likeness (QED) is 0.0560. The van der Waals surface area contributed by atoms with Crippen LogP contribution in [-0.2, 0) is 31.9 Å². The summed E-state index contributed by atoms with van der Waals surface area (Å²) >= 11 is 0. The summed E-state index contributed by atoms with van der Waals surface area (Å²) in [6.45, 7) is 12.4. The van der Waals surface area contributed by atoms with E-state index in [0.29, 0.717) is 33.8 Å². The van der Waals surface area contributed by atoms with Gasteiger partial charge in [0.05, 0.1) is 30.4 Å². The van der Waals surface area contributed by atoms with Crippen molar-refractivity contribution in [1.82, 2.24) is 14.1 Å². The third kappa shape index (κ3) is 9.56. The van der Waals surface area contributed by atoms with Gasteiger partial charge in [0, 0.05) is 44.3 Å². The number of hydrogen-bond donors (Lipinski definition) is 0. The fraction of sp³-hybridized carbons (Fsp3) is 0.108. The van der Waals surface area contributed by atoms with Gasteiger partial charge < -0.3 is 13.9 Å². The van der Waals surface area contributed by atoms with E-state index in [1.165, 1.54) is 0 Å². The Kier molecular flexibility index (Phi) is 11.2. The minimum atomic E-state index is -3.41. The second-order valence-corrected chi connectivity index (χ2v) is 25.8. The van der Waals surface area contributed by atoms with Crippen LogP contribution in [-0.4, -0.2) is 22.2 Å². The van der Waals surface area contributed by atoms with Gasteiger partial charge in [-0.3, -0.25) is 4.57 Å². The van der Waals surface area contributed by atoms with Crippen LogP contribution in [0.15, 0.2) is 255 Å². The van der Waals surface area contributed by atoms with Crippen LogP contribution in [0.2, 0.25) is 0 Å². The normalized spacial score (nSPS) is 13.7. The second-order valence-electron chi connectivity index (χ2n) is 22.1. The van der Waals surface area contributed by atoms with E-state index in [-0.39, 0.29) is 54.4 Å². The average Bonchev–Trinajstić information content (AvgIpc) is 1.71. The molecule has 0 N–H and O–H groups in total. The summed E-state index contributed by atoms with van der Waals surface area (Å²) in [5, 5.41) is 6.30. The molecule has 0 saturated carbocycles. The third-order valence-corrected chi connectivity index (χ3v) is 19.8. The molecule has 0 spiro atoms. The summed E-state index contributed by atoms with van der Waals surface area (Å²) in [5.41, 5.74) is 4.38. The summed E-state index contributed by atoms with van der Waals surface area (Å²) in [4.78, 5) is 5.03. The van der Waals surface area contributed by atoms with Crippen molar-refractivity contribution in [2.75, 3.05) is 0 Å². The zero-order chi connectivity index (χ0) is 63.3. The summed E-state index contributed by atoms with van der Waals surface area (Å²) in [6, 6.07) is 65.6. The first-order valence-electron chi connectivity index (χ1n) is 31.7. The van der Waals surface area contributed by atoms with Crippen LogP contribution in [0.5, 0.6) is 11.5 Å². The Bertz CT molecular complexity index is 4780. The first-order chi connectivity index (χ1) is 43.1. The van der Waals surface area contributed by atoms with Crippen molar-refractivity contribution in [2.45, 2.75) is 52.4 Å². The minimum Gasteiger partial charge on any atom is -0.510 e. The number of nitrogens with zero attached hydrogens (tertiary/aromatic N) is 4. The molecular formula is C74H60N4OPtSi-2. The van der Waals surface area contributed by atoms with E-state index in [1.807, 2.05) is 93.7 Å². The van der Waals surface area contributed by atoms with Gasteiger partial charge in [0.25, 0.3) is 6.33 Å². The summed E-state index contributed by atoms with van der Waals surface area (Å²) in [7, 11) is -3.41. The number of pyridine rings is 1. The SMILES string of the molecule is [2H]c1c([2H])c([2H])c(-c2cc(C(C)(C)C)cc(-c3c([2H])c([2H])c([2H])c([2H])c3[2H])c2-[n+]2[c-]n(-c3[c-]c(Oc4[c-]c5c(cc4[Si](c4ccccc4)(c4ccccc4)c4ccccc4)c4ccccc4n5-c4cc(C(C)(C)C)ccn4)ccc3)c3ccccc32)c([2H])c1[2H].[Pt]. The molecule has 0 radical (unpaired) electrons. The zero-order valence-corrected chi connectivity index (χ0v) is 48.8. The maximum atomic E-state index is 9.41. The fourth-order valence-corrected chi connectivity index (χ4v) is 16.0. The maximum Gasteiger partial charge on any atom is 0.268 e. The molecule has 13 rings (SSSR count). The molecule has 398 valence electrons. The van der Waals surface area contributed by atoms with Crippen molar-refractivity contribution in [2.24, 2.45) is 0 Å². The molecule has 0 amide bonds. The Morgan fingerprint density at radius 1 is 0.531 bits per heavy atom. The molecule has 0 saturated heterocycles. The van der Waals surface area contributed by atoms with E-state index in [1.54, 1.807) is 21.3 Å². The minimum absolute atomic E-state index is 0. The topological polar surface area (TPSA) is 35.9 Å². The number of aromatic nitrogens is 4. The average molecular weight is 1250 g/mol. The molecule has 0 bridgehead atoms. The van der Waals surface area contributed by atoms with E-state index >= 15 is 0 Å². The van der Waals surface area contributed by atoms with Gasteiger partial charge in [-0.05, 0) is 73.5 Å². The number of rotatable bonds is 11. The Balaban J connectivity index is 0.00000800. The standard InChI is InChI=1S/C74H60N4OSi.Pt/c1-73(2,3)54-43-44-75-71(47-54)78-65-40-23-22-39-61(65)64-49-70(80(58-33-16-9-17-34-58,59-35-18-10-19-36-59)60-37-20-11-21-38-60)69(50-68(64)78)79-57-32-26-31-56(48-57)76-51-77(67-42-25-24-41-66(67)76)72-62(52-27-12-7-13-28-52)45-55(74(4,5)6)46-63(72)53-29-14-8-15-30-53;/h7-47,49H,1-6H3;/q-2;/i7D,8D,12D,13D,14D,15D,27D,28D,29D,30D;. The van der Waals surface area contributed by atoms with Crippen LogP contribution in [0.25, 0.3) is 72.3 Å². The van der Waals surface area contributed by atoms with Crippen LogP contribution < -0.4 is 30.1 Å². The third-order valence-electron chi connectivity index (χ3n) is 15.1. The molecule has 0 aliphatic carbocycles. The van der Waals surface area contributed by atoms with Crippen molar-refractivity contribution < 1.29 is 44.1 Å². The summed E-state index contributed by atoms with van der Waals surface area (Å²) in [5.74, 6) is 1.54. The van der Waals surface area contributed by atoms with Gasteiger partial charge in [0.2, 0.25) is 0 Å². The van der Waals surface area contributed by atoms with E-state index in [4.69, 9.17) is 17.9 Å². The van der Waals surface area contributed by atoms with Gasteiger partial charge in [-0.1, -0.05) is 269 Å². The Hall–Kier alpha value is -8.67. The zero-order valence-electron chi connectivity index (χ0n) is 55.5. The fourth-order valence-electron chi connectivity index (χ4n) is 11.2. The van der Waals surface area contributed by atoms with Gasteiger partial charge in [0.15, 0.2) is 0 Å². The van der Waals surface area contributed by atoms with Gasteiger partial charge in [-0.2, -0.15) is 18.2 Å². The van der Waals surface area contributed by atoms with Crippen molar-refractivity contribution in [3.63, 3.8) is 0 Å². The Morgan fingerprint density at radius 3 is 1.65 bits per heavy atom. The summed E-state index contributed by atoms with van der Waals surface area (Å²) < 4.78 is 104. The predicted octanol–water partition coefficient (Wildman–Crippen LogP) is 14.9. The van der Waals surface area contributed by atoms with E-state index in [9.17, 15) is 5.48 Å². The summed E-state index contributed by atoms with van der Waals surface area (Å²) in [6.07, 6.45) is 5.42. The number of fused-ring (bicyclic) bond motifs is 4. The van der Waals surface area contributed by atoms with Crippen LogP contribution in [0, 0.1) is 18.5 Å². The monoisotopic (exact) mass is 1250 g/mol. The van der Waals surface area contributed by atoms with Gasteiger partial charge in [-0.25, -0.2) is 4.98 Å². The first kappa shape index (κ1) is 42.2. The number of ether oxygens (including phenoxy) is 1. The number of hydrogen-bond acceptors (Lipinski definition) is 2. The van der Waals surface area contributed by atoms with Gasteiger partial charge >= 0.3 is 0 Å². The van der Waals surface area contributed by atoms with Crippen molar-refractivity contribution in [3.05, 3.63) is 284 Å². The van der Waals surface area contributed by atoms with Crippen LogP contribution in [0.1, 0.15) is 66.4 Å². The van der Waals surface area contributed by atoms with Crippen LogP contribution >= 0.6 is 0 Å². The molecule has 3 heterocycles. The molecule has 0 aliphatic heterocycles. The molecule has 10 aromatic carbocycles. The van der Waals surface area contributed by atoms with Gasteiger partial charge in [0.1, 0.15) is 13.9 Å². The molecule has 0 aliphatic rings. The van der Waals surface area contributed by atoms with Crippen molar-refractivity contribution in [3.8, 4) is 50.9 Å². The molecule has 13 aromatic rings. The molecule has 81 heavy (non-hydrogen) atoms. The number of benzene rings is 10. The van der Waals surface area contributed by atoms with Crippen LogP contribution in [0.4, 0.5) is 0 Å². The molecule has 0 unspecified atom stereocenters. The molecule has 0 fully saturated rings. The van der Waals surface area contributed by atoms with E-state index < -0.39 is 73.9 Å². The molecule has 3 aromatic heterocycles. The van der Waals surface area contributed by atoms with Crippen molar-refractivity contribution in [1.29, 1.82) is 0 Å². The molecule has 7 heteroatoms. The Morgan fingerprint density at radius 2 is 1.07 bits per heavy atom. The van der Waals surface area contributed by atoms with Gasteiger partial charge in [-0.15, -0.1) is 28.8 Å². The predicted molar refractivity (Wildman–Crippen MR) is 332 cm³/mol. The van der Waals surface area contributed by atoms with Crippen molar-refractivity contribution >= 4 is 61.7 Å². The van der Waals surface area contributed by atoms with E-state index in [0.717, 1.165) is 53.9 Å². The Labute approximate surface area is 504 Å².